The van der Waals surface area contributed by atoms with E-state index in [-0.39, 0.29) is 45.4 Å². The Kier molecular flexibility index (Phi) is 12.4. The molecule has 0 radical (unpaired) electrons. The van der Waals surface area contributed by atoms with Gasteiger partial charge in [0.25, 0.3) is 5.91 Å². The van der Waals surface area contributed by atoms with E-state index in [2.05, 4.69) is 28.0 Å². The molecule has 1 atom stereocenters. The van der Waals surface area contributed by atoms with Gasteiger partial charge in [-0.2, -0.15) is 12.2 Å². The summed E-state index contributed by atoms with van der Waals surface area (Å²) in [5.74, 6) is -1.24. The Balaban J connectivity index is 0. The molecule has 1 aliphatic rings. The van der Waals surface area contributed by atoms with Crippen molar-refractivity contribution < 1.29 is 40.2 Å². The van der Waals surface area contributed by atoms with Crippen LogP contribution in [0.5, 0.6) is 0 Å². The largest absolute Gasteiger partial charge is 0.392 e. The molecule has 0 aliphatic carbocycles. The summed E-state index contributed by atoms with van der Waals surface area (Å²) < 4.78 is 4.25. The first-order valence-corrected chi connectivity index (χ1v) is 6.78. The zero-order valence-electron chi connectivity index (χ0n) is 13.9. The maximum absolute atomic E-state index is 12.0. The minimum Gasteiger partial charge on any atom is -0.392 e. The molecule has 3 amide bonds. The van der Waals surface area contributed by atoms with Gasteiger partial charge < -0.3 is 14.8 Å². The molecule has 0 aromatic heterocycles. The van der Waals surface area contributed by atoms with Gasteiger partial charge in [-0.1, -0.05) is 6.92 Å². The van der Waals surface area contributed by atoms with Crippen molar-refractivity contribution in [2.75, 3.05) is 14.2 Å². The Morgan fingerprint density at radius 2 is 2.00 bits per heavy atom. The molecule has 2 N–H and O–H groups in total. The molecule has 0 aromatic carbocycles. The SMILES string of the molecule is C=C/C=C(\[C-]=CC)C(=O)NC1(C)CCC(=O)NC1=O.COC.[W]. The Morgan fingerprint density at radius 3 is 2.43 bits per heavy atom. The van der Waals surface area contributed by atoms with Crippen molar-refractivity contribution in [2.24, 2.45) is 0 Å². The Bertz CT molecular complexity index is 500. The number of ether oxygens (including phenoxy) is 1. The fourth-order valence-electron chi connectivity index (χ4n) is 1.70. The first-order valence-electron chi connectivity index (χ1n) is 6.78. The summed E-state index contributed by atoms with van der Waals surface area (Å²) in [6.07, 6.45) is 7.82. The van der Waals surface area contributed by atoms with Crippen LogP contribution in [0.3, 0.4) is 0 Å². The van der Waals surface area contributed by atoms with E-state index in [9.17, 15) is 14.4 Å². The van der Waals surface area contributed by atoms with E-state index in [0.717, 1.165) is 0 Å². The second-order valence-electron chi connectivity index (χ2n) is 4.82. The van der Waals surface area contributed by atoms with Gasteiger partial charge in [0, 0.05) is 41.7 Å². The van der Waals surface area contributed by atoms with Gasteiger partial charge in [-0.25, -0.2) is 0 Å². The van der Waals surface area contributed by atoms with Crippen LogP contribution in [0.1, 0.15) is 26.7 Å². The average molecular weight is 491 g/mol. The number of carbonyl (C=O) groups is 3. The second kappa shape index (κ2) is 12.0. The van der Waals surface area contributed by atoms with Crippen molar-refractivity contribution in [1.29, 1.82) is 0 Å². The monoisotopic (exact) mass is 491 g/mol. The molecule has 1 aliphatic heterocycles. The molecular weight excluding hydrogens is 468 g/mol. The molecular formula is C16H23N2O4W-. The molecule has 1 saturated heterocycles. The quantitative estimate of drug-likeness (QED) is 0.267. The standard InChI is InChI=1S/C14H17N2O3.C2H6O.W/c1-4-6-10(7-5-2)12(18)16-14(3)9-8-11(17)15-13(14)19;1-3-2;/h4-6H,1,8-9H2,2-3H3,(H,16,18)(H,15,17,19);1-2H3;/q-1;;/b10-6+;;. The summed E-state index contributed by atoms with van der Waals surface area (Å²) in [6.45, 7) is 6.85. The number of hydrogen-bond donors (Lipinski definition) is 2. The van der Waals surface area contributed by atoms with E-state index in [0.29, 0.717) is 0 Å². The Morgan fingerprint density at radius 1 is 1.43 bits per heavy atom. The molecule has 128 valence electrons. The van der Waals surface area contributed by atoms with Crippen LogP contribution in [0.4, 0.5) is 0 Å². The average Bonchev–Trinajstić information content (AvgIpc) is 2.44. The third-order valence-electron chi connectivity index (χ3n) is 2.82. The fraction of sp³-hybridized carbons (Fsp3) is 0.438. The van der Waals surface area contributed by atoms with Crippen molar-refractivity contribution in [2.45, 2.75) is 32.2 Å². The fourth-order valence-corrected chi connectivity index (χ4v) is 1.70. The number of hydrogen-bond acceptors (Lipinski definition) is 4. The number of carbonyl (C=O) groups excluding carboxylic acids is 3. The van der Waals surface area contributed by atoms with Gasteiger partial charge in [0.1, 0.15) is 11.4 Å². The van der Waals surface area contributed by atoms with Crippen LogP contribution in [0, 0.1) is 6.08 Å². The smallest absolute Gasteiger partial charge is 0.251 e. The van der Waals surface area contributed by atoms with Crippen molar-refractivity contribution in [3.8, 4) is 0 Å². The molecule has 7 heteroatoms. The molecule has 0 saturated carbocycles. The van der Waals surface area contributed by atoms with Gasteiger partial charge in [-0.05, 0) is 13.3 Å². The van der Waals surface area contributed by atoms with E-state index in [1.54, 1.807) is 34.1 Å². The first-order chi connectivity index (χ1) is 10.3. The van der Waals surface area contributed by atoms with E-state index < -0.39 is 17.4 Å². The summed E-state index contributed by atoms with van der Waals surface area (Å²) in [4.78, 5) is 34.9. The van der Waals surface area contributed by atoms with Gasteiger partial charge in [0.15, 0.2) is 0 Å². The predicted octanol–water partition coefficient (Wildman–Crippen LogP) is 1.05. The molecule has 1 unspecified atom stereocenters. The molecule has 0 spiro atoms. The molecule has 6 nitrogen and oxygen atoms in total. The van der Waals surface area contributed by atoms with Crippen LogP contribution in [-0.4, -0.2) is 37.5 Å². The minimum atomic E-state index is -1.08. The minimum absolute atomic E-state index is 0. The third kappa shape index (κ3) is 8.05. The van der Waals surface area contributed by atoms with E-state index in [1.807, 2.05) is 0 Å². The van der Waals surface area contributed by atoms with Gasteiger partial charge in [0.2, 0.25) is 5.91 Å². The van der Waals surface area contributed by atoms with Gasteiger partial charge in [0.05, 0.1) is 0 Å². The van der Waals surface area contributed by atoms with Crippen LogP contribution < -0.4 is 10.6 Å². The summed E-state index contributed by atoms with van der Waals surface area (Å²) in [5, 5.41) is 4.85. The Hall–Kier alpha value is -1.52. The third-order valence-corrected chi connectivity index (χ3v) is 2.82. The van der Waals surface area contributed by atoms with Gasteiger partial charge >= 0.3 is 0 Å². The maximum atomic E-state index is 12.0. The van der Waals surface area contributed by atoms with Crippen molar-refractivity contribution >= 4 is 17.7 Å². The van der Waals surface area contributed by atoms with E-state index in [1.165, 1.54) is 12.2 Å². The number of methoxy groups -OCH3 is 1. The van der Waals surface area contributed by atoms with Gasteiger partial charge in [-0.3, -0.25) is 14.9 Å². The maximum Gasteiger partial charge on any atom is 0.251 e. The van der Waals surface area contributed by atoms with E-state index >= 15 is 0 Å². The van der Waals surface area contributed by atoms with Crippen LogP contribution in [0.25, 0.3) is 0 Å². The summed E-state index contributed by atoms with van der Waals surface area (Å²) >= 11 is 0. The van der Waals surface area contributed by atoms with Crippen LogP contribution >= 0.6 is 0 Å². The number of amides is 3. The predicted molar refractivity (Wildman–Crippen MR) is 83.6 cm³/mol. The molecule has 1 fully saturated rings. The first kappa shape index (κ1) is 23.7. The number of allylic oxidation sites excluding steroid dienone is 3. The van der Waals surface area contributed by atoms with E-state index in [4.69, 9.17) is 0 Å². The number of imide groups is 1. The number of nitrogens with one attached hydrogen (secondary N) is 2. The van der Waals surface area contributed by atoms with Crippen molar-refractivity contribution in [1.82, 2.24) is 10.6 Å². The number of piperidine rings is 1. The molecule has 1 rings (SSSR count). The second-order valence-corrected chi connectivity index (χ2v) is 4.82. The zero-order valence-corrected chi connectivity index (χ0v) is 16.8. The number of rotatable bonds is 4. The molecule has 0 bridgehead atoms. The van der Waals surface area contributed by atoms with Gasteiger partial charge in [-0.15, -0.1) is 24.3 Å². The molecule has 0 aromatic rings. The summed E-state index contributed by atoms with van der Waals surface area (Å²) in [6, 6.07) is 0. The van der Waals surface area contributed by atoms with Crippen molar-refractivity contribution in [3.63, 3.8) is 0 Å². The summed E-state index contributed by atoms with van der Waals surface area (Å²) in [5.41, 5.74) is -0.802. The molecule has 23 heavy (non-hydrogen) atoms. The Labute approximate surface area is 151 Å². The van der Waals surface area contributed by atoms with Crippen LogP contribution in [0.15, 0.2) is 30.4 Å². The zero-order chi connectivity index (χ0) is 17.2. The van der Waals surface area contributed by atoms with Crippen LogP contribution in [-0.2, 0) is 40.2 Å². The normalized spacial score (nSPS) is 20.8. The topological polar surface area (TPSA) is 84.5 Å². The van der Waals surface area contributed by atoms with Crippen molar-refractivity contribution in [3.05, 3.63) is 36.5 Å². The summed E-state index contributed by atoms with van der Waals surface area (Å²) in [7, 11) is 3.25. The van der Waals surface area contributed by atoms with Crippen LogP contribution in [0.2, 0.25) is 0 Å². The molecule has 1 heterocycles.